The van der Waals surface area contributed by atoms with Crippen molar-refractivity contribution in [1.29, 1.82) is 0 Å². The minimum atomic E-state index is 0.361. The fraction of sp³-hybridized carbons (Fsp3) is 0.500. The molecule has 1 aliphatic carbocycles. The zero-order valence-corrected chi connectivity index (χ0v) is 13.6. The molecule has 2 fully saturated rings. The van der Waals surface area contributed by atoms with Crippen LogP contribution in [0.5, 0.6) is 0 Å². The maximum Gasteiger partial charge on any atom is 0.225 e. The van der Waals surface area contributed by atoms with E-state index in [9.17, 15) is 0 Å². The zero-order chi connectivity index (χ0) is 15.7. The number of pyridine rings is 1. The van der Waals surface area contributed by atoms with Gasteiger partial charge in [0, 0.05) is 62.4 Å². The van der Waals surface area contributed by atoms with Crippen LogP contribution in [-0.4, -0.2) is 46.0 Å². The van der Waals surface area contributed by atoms with Gasteiger partial charge in [-0.2, -0.15) is 0 Å². The summed E-state index contributed by atoms with van der Waals surface area (Å²) < 4.78 is 0. The molecule has 0 N–H and O–H groups in total. The Morgan fingerprint density at radius 1 is 1.00 bits per heavy atom. The number of rotatable bonds is 4. The minimum Gasteiger partial charge on any atom is -0.338 e. The van der Waals surface area contributed by atoms with E-state index in [4.69, 9.17) is 0 Å². The quantitative estimate of drug-likeness (QED) is 0.867. The molecular formula is C18H23N5. The van der Waals surface area contributed by atoms with E-state index < -0.39 is 0 Å². The SMILES string of the molecule is CC1(c2ccc(CN3CCN(c4ncccn4)CC3)cn2)CC1. The van der Waals surface area contributed by atoms with Crippen molar-refractivity contribution in [3.8, 4) is 0 Å². The van der Waals surface area contributed by atoms with Crippen molar-refractivity contribution in [2.24, 2.45) is 0 Å². The van der Waals surface area contributed by atoms with Crippen molar-refractivity contribution in [2.45, 2.75) is 31.7 Å². The molecule has 0 atom stereocenters. The Kier molecular flexibility index (Phi) is 3.73. The van der Waals surface area contributed by atoms with E-state index >= 15 is 0 Å². The van der Waals surface area contributed by atoms with Crippen LogP contribution in [0.4, 0.5) is 5.95 Å². The highest BCUT2D eigenvalue weighted by Crippen LogP contribution is 2.46. The van der Waals surface area contributed by atoms with Gasteiger partial charge in [-0.15, -0.1) is 0 Å². The van der Waals surface area contributed by atoms with Gasteiger partial charge in [-0.1, -0.05) is 13.0 Å². The first-order valence-electron chi connectivity index (χ1n) is 8.43. The molecule has 2 aliphatic rings. The minimum absolute atomic E-state index is 0.361. The summed E-state index contributed by atoms with van der Waals surface area (Å²) in [4.78, 5) is 18.1. The van der Waals surface area contributed by atoms with Gasteiger partial charge >= 0.3 is 0 Å². The van der Waals surface area contributed by atoms with Gasteiger partial charge in [0.2, 0.25) is 5.95 Å². The Labute approximate surface area is 137 Å². The van der Waals surface area contributed by atoms with Crippen molar-refractivity contribution in [3.05, 3.63) is 48.0 Å². The molecule has 3 heterocycles. The topological polar surface area (TPSA) is 45.2 Å². The third-order valence-electron chi connectivity index (χ3n) is 5.06. The Morgan fingerprint density at radius 3 is 2.35 bits per heavy atom. The van der Waals surface area contributed by atoms with Crippen molar-refractivity contribution >= 4 is 5.95 Å². The summed E-state index contributed by atoms with van der Waals surface area (Å²) in [7, 11) is 0. The molecule has 0 amide bonds. The van der Waals surface area contributed by atoms with Gasteiger partial charge in [0.1, 0.15) is 0 Å². The van der Waals surface area contributed by atoms with Crippen LogP contribution >= 0.6 is 0 Å². The molecule has 1 saturated heterocycles. The van der Waals surface area contributed by atoms with Crippen LogP contribution in [0.1, 0.15) is 31.0 Å². The maximum absolute atomic E-state index is 4.68. The highest BCUT2D eigenvalue weighted by Gasteiger charge is 2.40. The number of anilines is 1. The molecule has 0 unspecified atom stereocenters. The third-order valence-corrected chi connectivity index (χ3v) is 5.06. The summed E-state index contributed by atoms with van der Waals surface area (Å²) in [5, 5.41) is 0. The van der Waals surface area contributed by atoms with E-state index in [1.807, 2.05) is 18.5 Å². The number of hydrogen-bond acceptors (Lipinski definition) is 5. The lowest BCUT2D eigenvalue weighted by Crippen LogP contribution is -2.46. The van der Waals surface area contributed by atoms with Crippen LogP contribution in [0, 0.1) is 0 Å². The second-order valence-electron chi connectivity index (χ2n) is 6.92. The Bertz CT molecular complexity index is 643. The average Bonchev–Trinajstić information content (AvgIpc) is 3.36. The van der Waals surface area contributed by atoms with Gasteiger partial charge < -0.3 is 4.90 Å². The van der Waals surface area contributed by atoms with Gasteiger partial charge in [-0.3, -0.25) is 9.88 Å². The predicted molar refractivity (Wildman–Crippen MR) is 90.3 cm³/mol. The van der Waals surface area contributed by atoms with Crippen molar-refractivity contribution in [3.63, 3.8) is 0 Å². The summed E-state index contributed by atoms with van der Waals surface area (Å²) in [5.74, 6) is 0.843. The first-order chi connectivity index (χ1) is 11.2. The van der Waals surface area contributed by atoms with E-state index in [-0.39, 0.29) is 0 Å². The molecule has 2 aromatic heterocycles. The van der Waals surface area contributed by atoms with E-state index in [0.29, 0.717) is 5.41 Å². The number of nitrogens with zero attached hydrogens (tertiary/aromatic N) is 5. The Hall–Kier alpha value is -2.01. The molecule has 0 bridgehead atoms. The number of aromatic nitrogens is 3. The fourth-order valence-corrected chi connectivity index (χ4v) is 3.14. The molecule has 0 spiro atoms. The van der Waals surface area contributed by atoms with E-state index in [1.165, 1.54) is 24.1 Å². The summed E-state index contributed by atoms with van der Waals surface area (Å²) in [5.41, 5.74) is 2.93. The second kappa shape index (κ2) is 5.89. The summed E-state index contributed by atoms with van der Waals surface area (Å²) in [6.45, 7) is 7.32. The molecule has 5 heteroatoms. The van der Waals surface area contributed by atoms with Crippen molar-refractivity contribution in [2.75, 3.05) is 31.1 Å². The largest absolute Gasteiger partial charge is 0.338 e. The van der Waals surface area contributed by atoms with Crippen LogP contribution < -0.4 is 4.90 Å². The lowest BCUT2D eigenvalue weighted by molar-refractivity contribution is 0.248. The standard InChI is InChI=1S/C18H23N5/c1-18(5-6-18)16-4-3-15(13-21-16)14-22-9-11-23(12-10-22)17-19-7-2-8-20-17/h2-4,7-8,13H,5-6,9-12,14H2,1H3. The van der Waals surface area contributed by atoms with Gasteiger partial charge in [-0.05, 0) is 30.5 Å². The summed E-state index contributed by atoms with van der Waals surface area (Å²) >= 11 is 0. The molecule has 2 aromatic rings. The molecule has 120 valence electrons. The number of piperazine rings is 1. The first kappa shape index (κ1) is 14.6. The lowest BCUT2D eigenvalue weighted by Gasteiger charge is -2.34. The van der Waals surface area contributed by atoms with E-state index in [0.717, 1.165) is 38.7 Å². The molecule has 0 aromatic carbocycles. The first-order valence-corrected chi connectivity index (χ1v) is 8.43. The van der Waals surface area contributed by atoms with Crippen LogP contribution in [-0.2, 0) is 12.0 Å². The number of hydrogen-bond donors (Lipinski definition) is 0. The van der Waals surface area contributed by atoms with Gasteiger partial charge in [-0.25, -0.2) is 9.97 Å². The molecule has 5 nitrogen and oxygen atoms in total. The highest BCUT2D eigenvalue weighted by atomic mass is 15.3. The monoisotopic (exact) mass is 309 g/mol. The zero-order valence-electron chi connectivity index (χ0n) is 13.6. The Balaban J connectivity index is 1.32. The summed E-state index contributed by atoms with van der Waals surface area (Å²) in [6.07, 6.45) is 8.24. The predicted octanol–water partition coefficient (Wildman–Crippen LogP) is 2.25. The van der Waals surface area contributed by atoms with Crippen LogP contribution in [0.15, 0.2) is 36.8 Å². The fourth-order valence-electron chi connectivity index (χ4n) is 3.14. The third kappa shape index (κ3) is 3.20. The van der Waals surface area contributed by atoms with Crippen molar-refractivity contribution < 1.29 is 0 Å². The normalized spacial score (nSPS) is 20.5. The van der Waals surface area contributed by atoms with Crippen LogP contribution in [0.25, 0.3) is 0 Å². The molecule has 23 heavy (non-hydrogen) atoms. The van der Waals surface area contributed by atoms with Gasteiger partial charge in [0.15, 0.2) is 0 Å². The lowest BCUT2D eigenvalue weighted by atomic mass is 10.0. The molecule has 1 saturated carbocycles. The van der Waals surface area contributed by atoms with Crippen LogP contribution in [0.3, 0.4) is 0 Å². The van der Waals surface area contributed by atoms with E-state index in [2.05, 4.69) is 50.0 Å². The second-order valence-corrected chi connectivity index (χ2v) is 6.92. The van der Waals surface area contributed by atoms with Gasteiger partial charge in [0.25, 0.3) is 0 Å². The van der Waals surface area contributed by atoms with E-state index in [1.54, 1.807) is 0 Å². The maximum atomic E-state index is 4.68. The smallest absolute Gasteiger partial charge is 0.225 e. The van der Waals surface area contributed by atoms with Crippen LogP contribution in [0.2, 0.25) is 0 Å². The molecule has 0 radical (unpaired) electrons. The molecule has 1 aliphatic heterocycles. The molecular weight excluding hydrogens is 286 g/mol. The highest BCUT2D eigenvalue weighted by molar-refractivity contribution is 5.29. The van der Waals surface area contributed by atoms with Gasteiger partial charge in [0.05, 0.1) is 0 Å². The average molecular weight is 309 g/mol. The van der Waals surface area contributed by atoms with Crippen molar-refractivity contribution in [1.82, 2.24) is 19.9 Å². The summed E-state index contributed by atoms with van der Waals surface area (Å²) in [6, 6.07) is 6.33. The molecule has 4 rings (SSSR count). The Morgan fingerprint density at radius 2 is 1.74 bits per heavy atom.